The Bertz CT molecular complexity index is 1190. The van der Waals surface area contributed by atoms with Crippen molar-refractivity contribution in [3.63, 3.8) is 0 Å². The number of carbonyl (C=O) groups excluding carboxylic acids is 4. The van der Waals surface area contributed by atoms with Crippen molar-refractivity contribution >= 4 is 29.6 Å². The van der Waals surface area contributed by atoms with E-state index in [1.165, 1.54) is 13.0 Å². The molecule has 1 heterocycles. The number of fused-ring (bicyclic) bond motifs is 1. The summed E-state index contributed by atoms with van der Waals surface area (Å²) in [5.41, 5.74) is 0.844. The zero-order chi connectivity index (χ0) is 28.4. The number of benzene rings is 2. The largest absolute Gasteiger partial charge is 0.493 e. The Balaban J connectivity index is 1.88. The Morgan fingerprint density at radius 2 is 1.67 bits per heavy atom. The van der Waals surface area contributed by atoms with E-state index in [0.29, 0.717) is 6.42 Å². The number of hydrogen-bond donors (Lipinski definition) is 6. The first-order valence-electron chi connectivity index (χ1n) is 12.5. The minimum absolute atomic E-state index is 0.0680. The number of ether oxygens (including phenoxy) is 1. The molecular weight excluding hydrogens is 508 g/mol. The molecule has 0 aromatic heterocycles. The van der Waals surface area contributed by atoms with E-state index >= 15 is 0 Å². The van der Waals surface area contributed by atoms with Crippen molar-refractivity contribution in [2.75, 3.05) is 13.2 Å². The molecule has 39 heavy (non-hydrogen) atoms. The van der Waals surface area contributed by atoms with E-state index in [2.05, 4.69) is 21.3 Å². The van der Waals surface area contributed by atoms with Crippen LogP contribution in [0.5, 0.6) is 5.75 Å². The second kappa shape index (κ2) is 13.9. The minimum Gasteiger partial charge on any atom is -0.493 e. The third-order valence-electron chi connectivity index (χ3n) is 6.00. The van der Waals surface area contributed by atoms with Crippen molar-refractivity contribution in [3.05, 3.63) is 65.7 Å². The lowest BCUT2D eigenvalue weighted by Crippen LogP contribution is -2.58. The van der Waals surface area contributed by atoms with Gasteiger partial charge in [0.25, 0.3) is 5.91 Å². The molecule has 4 amide bonds. The van der Waals surface area contributed by atoms with E-state index in [1.807, 2.05) is 6.07 Å². The normalized spacial score (nSPS) is 22.4. The Morgan fingerprint density at radius 3 is 2.36 bits per heavy atom. The van der Waals surface area contributed by atoms with Gasteiger partial charge in [0, 0.05) is 13.0 Å². The average Bonchev–Trinajstić information content (AvgIpc) is 2.90. The number of nitrogens with one attached hydrogen (secondary N) is 4. The van der Waals surface area contributed by atoms with Crippen LogP contribution in [-0.2, 0) is 25.6 Å². The van der Waals surface area contributed by atoms with Gasteiger partial charge in [-0.05, 0) is 31.0 Å². The number of carbonyl (C=O) groups is 5. The fraction of sp³-hybridized carbons (Fsp3) is 0.370. The number of hydrogen-bond acceptors (Lipinski definition) is 7. The number of rotatable bonds is 4. The van der Waals surface area contributed by atoms with Gasteiger partial charge < -0.3 is 36.2 Å². The fourth-order valence-corrected chi connectivity index (χ4v) is 3.95. The van der Waals surface area contributed by atoms with E-state index in [9.17, 15) is 34.2 Å². The summed E-state index contributed by atoms with van der Waals surface area (Å²) >= 11 is 0. The van der Waals surface area contributed by atoms with Crippen molar-refractivity contribution in [1.29, 1.82) is 0 Å². The maximum Gasteiger partial charge on any atom is 0.326 e. The van der Waals surface area contributed by atoms with Crippen LogP contribution in [0.4, 0.5) is 0 Å². The highest BCUT2D eigenvalue weighted by atomic mass is 16.5. The molecule has 0 radical (unpaired) electrons. The number of aliphatic hydroxyl groups excluding tert-OH is 1. The minimum atomic E-state index is -1.63. The van der Waals surface area contributed by atoms with Gasteiger partial charge in [0.05, 0.1) is 24.7 Å². The molecule has 0 saturated heterocycles. The number of carboxylic acids is 1. The molecule has 0 fully saturated rings. The predicted octanol–water partition coefficient (Wildman–Crippen LogP) is -0.248. The average molecular weight is 541 g/mol. The highest BCUT2D eigenvalue weighted by molar-refractivity contribution is 6.00. The first-order valence-corrected chi connectivity index (χ1v) is 12.5. The Kier molecular flexibility index (Phi) is 10.4. The molecule has 3 rings (SSSR count). The van der Waals surface area contributed by atoms with Gasteiger partial charge in [0.1, 0.15) is 23.9 Å². The summed E-state index contributed by atoms with van der Waals surface area (Å²) in [5, 5.41) is 29.8. The summed E-state index contributed by atoms with van der Waals surface area (Å²) in [7, 11) is 0. The predicted molar refractivity (Wildman–Crippen MR) is 139 cm³/mol. The molecule has 0 bridgehead atoms. The number of carboxylic acid groups (broad SMARTS) is 1. The molecule has 12 nitrogen and oxygen atoms in total. The van der Waals surface area contributed by atoms with Crippen LogP contribution < -0.4 is 26.0 Å². The van der Waals surface area contributed by atoms with Crippen LogP contribution in [0.25, 0.3) is 0 Å². The van der Waals surface area contributed by atoms with Gasteiger partial charge in [-0.3, -0.25) is 19.2 Å². The van der Waals surface area contributed by atoms with Gasteiger partial charge in [-0.1, -0.05) is 42.5 Å². The summed E-state index contributed by atoms with van der Waals surface area (Å²) in [6.07, 6.45) is -1.57. The van der Waals surface area contributed by atoms with Gasteiger partial charge in [0.15, 0.2) is 0 Å². The van der Waals surface area contributed by atoms with Crippen LogP contribution in [-0.4, -0.2) is 77.2 Å². The SMILES string of the molecule is C[C@@H](O)[C@@H]1NC(=O)C[C@@H](C(=O)O)NC(=O)c2ccccc2OCCCNC(=O)[C@H](Cc2ccccc2)NC1=O. The summed E-state index contributed by atoms with van der Waals surface area (Å²) in [6.45, 7) is 1.61. The van der Waals surface area contributed by atoms with Crippen molar-refractivity contribution < 1.29 is 38.9 Å². The van der Waals surface area contributed by atoms with Crippen LogP contribution in [0.15, 0.2) is 54.6 Å². The van der Waals surface area contributed by atoms with Crippen molar-refractivity contribution in [2.24, 2.45) is 0 Å². The maximum atomic E-state index is 13.1. The zero-order valence-corrected chi connectivity index (χ0v) is 21.4. The molecule has 12 heteroatoms. The third kappa shape index (κ3) is 8.54. The molecule has 6 N–H and O–H groups in total. The van der Waals surface area contributed by atoms with Gasteiger partial charge in [-0.2, -0.15) is 0 Å². The summed E-state index contributed by atoms with van der Waals surface area (Å²) in [4.78, 5) is 63.5. The van der Waals surface area contributed by atoms with Crippen LogP contribution >= 0.6 is 0 Å². The molecule has 0 aliphatic carbocycles. The lowest BCUT2D eigenvalue weighted by molar-refractivity contribution is -0.141. The Labute approximate surface area is 225 Å². The molecule has 2 aromatic rings. The van der Waals surface area contributed by atoms with Crippen molar-refractivity contribution in [2.45, 2.75) is 50.4 Å². The zero-order valence-electron chi connectivity index (χ0n) is 21.4. The smallest absolute Gasteiger partial charge is 0.326 e. The number of aliphatic carboxylic acids is 1. The second-order valence-corrected chi connectivity index (χ2v) is 9.09. The quantitative estimate of drug-likeness (QED) is 0.307. The van der Waals surface area contributed by atoms with E-state index in [0.717, 1.165) is 5.56 Å². The molecular formula is C27H32N4O8. The summed E-state index contributed by atoms with van der Waals surface area (Å²) in [5.74, 6) is -4.24. The first-order chi connectivity index (χ1) is 18.7. The van der Waals surface area contributed by atoms with Gasteiger partial charge in [0.2, 0.25) is 17.7 Å². The molecule has 2 aromatic carbocycles. The van der Waals surface area contributed by atoms with Crippen LogP contribution in [0, 0.1) is 0 Å². The summed E-state index contributed by atoms with van der Waals surface area (Å²) in [6, 6.07) is 11.1. The molecule has 1 aliphatic heterocycles. The lowest BCUT2D eigenvalue weighted by Gasteiger charge is -2.25. The van der Waals surface area contributed by atoms with E-state index in [-0.39, 0.29) is 30.9 Å². The molecule has 0 unspecified atom stereocenters. The fourth-order valence-electron chi connectivity index (χ4n) is 3.95. The molecule has 208 valence electrons. The highest BCUT2D eigenvalue weighted by Crippen LogP contribution is 2.18. The molecule has 0 saturated carbocycles. The highest BCUT2D eigenvalue weighted by Gasteiger charge is 2.32. The lowest BCUT2D eigenvalue weighted by atomic mass is 10.0. The van der Waals surface area contributed by atoms with Crippen molar-refractivity contribution in [1.82, 2.24) is 21.3 Å². The number of para-hydroxylation sites is 1. The van der Waals surface area contributed by atoms with E-state index < -0.39 is 60.2 Å². The third-order valence-corrected chi connectivity index (χ3v) is 6.00. The van der Waals surface area contributed by atoms with Crippen molar-refractivity contribution in [3.8, 4) is 5.75 Å². The Morgan fingerprint density at radius 1 is 0.974 bits per heavy atom. The maximum absolute atomic E-state index is 13.1. The van der Waals surface area contributed by atoms with Gasteiger partial charge >= 0.3 is 5.97 Å². The molecule has 1 aliphatic rings. The molecule has 0 spiro atoms. The van der Waals surface area contributed by atoms with E-state index in [1.54, 1.807) is 42.5 Å². The Hall–Kier alpha value is -4.45. The standard InChI is InChI=1S/C27H32N4O8/c1-16(32)23-26(36)29-19(14-17-8-3-2-4-9-17)25(35)28-12-7-13-39-21-11-6-5-10-18(21)24(34)30-20(27(37)38)15-22(33)31-23/h2-6,8-11,16,19-20,23,32H,7,12-15H2,1H3,(H,28,35)(H,29,36)(H,30,34)(H,31,33)(H,37,38)/t16-,19+,20+,23+/m1/s1. The number of aliphatic hydroxyl groups is 1. The monoisotopic (exact) mass is 540 g/mol. The van der Waals surface area contributed by atoms with Gasteiger partial charge in [-0.15, -0.1) is 0 Å². The second-order valence-electron chi connectivity index (χ2n) is 9.09. The van der Waals surface area contributed by atoms with Crippen LogP contribution in [0.3, 0.4) is 0 Å². The summed E-state index contributed by atoms with van der Waals surface area (Å²) < 4.78 is 5.70. The van der Waals surface area contributed by atoms with Crippen LogP contribution in [0.2, 0.25) is 0 Å². The first kappa shape index (κ1) is 29.1. The van der Waals surface area contributed by atoms with Gasteiger partial charge in [-0.25, -0.2) is 4.79 Å². The molecule has 4 atom stereocenters. The van der Waals surface area contributed by atoms with E-state index in [4.69, 9.17) is 4.74 Å². The van der Waals surface area contributed by atoms with Crippen LogP contribution in [0.1, 0.15) is 35.7 Å². The topological polar surface area (TPSA) is 183 Å². The number of amides is 4.